The second kappa shape index (κ2) is 5.70. The summed E-state index contributed by atoms with van der Waals surface area (Å²) in [6.45, 7) is 13.2. The van der Waals surface area contributed by atoms with E-state index in [9.17, 15) is 0 Å². The molecule has 0 aromatic heterocycles. The third-order valence-corrected chi connectivity index (χ3v) is 19.8. The first kappa shape index (κ1) is 16.3. The van der Waals surface area contributed by atoms with Crippen LogP contribution < -0.4 is 0 Å². The smallest absolute Gasteiger partial charge is 0.190 e. The average Bonchev–Trinajstić information content (AvgIpc) is 3.36. The van der Waals surface area contributed by atoms with Crippen LogP contribution in [0.1, 0.15) is 65.2 Å². The molecule has 3 heteroatoms. The molecule has 0 saturated heterocycles. The van der Waals surface area contributed by atoms with Crippen molar-refractivity contribution in [1.82, 2.24) is 0 Å². The standard InChI is InChI=1S/C20H34OSi2/c1-15(2)13-22(17-5-6-17,18-7-8-18)21-23(14-16(3)4,19-9-10-19)20-11-12-20/h17-20H,1,3,5-14H2,2,4H3. The molecule has 0 aromatic carbocycles. The van der Waals surface area contributed by atoms with Gasteiger partial charge in [-0.25, -0.2) is 0 Å². The lowest BCUT2D eigenvalue weighted by atomic mass is 10.4. The molecule has 0 heterocycles. The van der Waals surface area contributed by atoms with E-state index in [1.165, 1.54) is 74.6 Å². The molecule has 4 fully saturated rings. The summed E-state index contributed by atoms with van der Waals surface area (Å²) in [5.41, 5.74) is 6.70. The molecule has 0 spiro atoms. The van der Waals surface area contributed by atoms with Crippen LogP contribution in [0.4, 0.5) is 0 Å². The van der Waals surface area contributed by atoms with Crippen LogP contribution in [-0.2, 0) is 4.12 Å². The van der Waals surface area contributed by atoms with Crippen molar-refractivity contribution < 1.29 is 4.12 Å². The van der Waals surface area contributed by atoms with Gasteiger partial charge in [-0.2, -0.15) is 0 Å². The zero-order valence-corrected chi connectivity index (χ0v) is 17.2. The largest absolute Gasteiger partial charge is 0.454 e. The van der Waals surface area contributed by atoms with Gasteiger partial charge in [0.15, 0.2) is 16.6 Å². The Morgan fingerprint density at radius 2 is 0.957 bits per heavy atom. The molecular weight excluding hydrogens is 312 g/mol. The number of hydrogen-bond donors (Lipinski definition) is 0. The number of rotatable bonds is 10. The van der Waals surface area contributed by atoms with Crippen molar-refractivity contribution in [2.24, 2.45) is 0 Å². The van der Waals surface area contributed by atoms with Crippen molar-refractivity contribution in [3.05, 3.63) is 24.3 Å². The molecule has 0 atom stereocenters. The molecule has 0 radical (unpaired) electrons. The Labute approximate surface area is 144 Å². The summed E-state index contributed by atoms with van der Waals surface area (Å²) < 4.78 is 7.70. The average molecular weight is 347 g/mol. The molecule has 4 aliphatic rings. The van der Waals surface area contributed by atoms with Gasteiger partial charge in [-0.15, -0.1) is 13.2 Å². The van der Waals surface area contributed by atoms with Crippen LogP contribution in [0.15, 0.2) is 24.3 Å². The van der Waals surface area contributed by atoms with Gasteiger partial charge < -0.3 is 4.12 Å². The van der Waals surface area contributed by atoms with Crippen LogP contribution in [0.3, 0.4) is 0 Å². The van der Waals surface area contributed by atoms with E-state index in [1.807, 2.05) is 0 Å². The van der Waals surface area contributed by atoms with Crippen LogP contribution in [0.25, 0.3) is 0 Å². The highest BCUT2D eigenvalue weighted by Gasteiger charge is 2.65. The normalized spacial score (nSPS) is 25.5. The molecule has 128 valence electrons. The molecule has 0 aromatic rings. The Balaban J connectivity index is 1.67. The maximum Gasteiger partial charge on any atom is 0.190 e. The minimum atomic E-state index is -1.62. The summed E-state index contributed by atoms with van der Waals surface area (Å²) in [6, 6.07) is 2.54. The van der Waals surface area contributed by atoms with E-state index in [0.29, 0.717) is 0 Å². The van der Waals surface area contributed by atoms with Gasteiger partial charge in [-0.1, -0.05) is 62.5 Å². The SMILES string of the molecule is C=C(C)C[Si](O[Si](CC(=C)C)(C1CC1)C1CC1)(C1CC1)C1CC1. The summed E-state index contributed by atoms with van der Waals surface area (Å²) >= 11 is 0. The zero-order chi connectivity index (χ0) is 16.2. The maximum absolute atomic E-state index is 7.70. The first-order valence-electron chi connectivity index (χ1n) is 9.95. The Bertz CT molecular complexity index is 440. The van der Waals surface area contributed by atoms with E-state index in [4.69, 9.17) is 4.12 Å². The van der Waals surface area contributed by atoms with Crippen LogP contribution >= 0.6 is 0 Å². The molecule has 0 N–H and O–H groups in total. The Kier molecular flexibility index (Phi) is 4.05. The summed E-state index contributed by atoms with van der Waals surface area (Å²) in [4.78, 5) is 0. The Morgan fingerprint density at radius 1 is 0.696 bits per heavy atom. The van der Waals surface area contributed by atoms with Crippen molar-refractivity contribution >= 4 is 16.6 Å². The van der Waals surface area contributed by atoms with E-state index >= 15 is 0 Å². The molecule has 0 aliphatic heterocycles. The fraction of sp³-hybridized carbons (Fsp3) is 0.800. The van der Waals surface area contributed by atoms with E-state index in [0.717, 1.165) is 22.2 Å². The molecule has 23 heavy (non-hydrogen) atoms. The molecular formula is C20H34OSi2. The minimum absolute atomic E-state index is 0.973. The third kappa shape index (κ3) is 3.21. The molecule has 0 unspecified atom stereocenters. The first-order chi connectivity index (χ1) is 11.0. The van der Waals surface area contributed by atoms with E-state index in [2.05, 4.69) is 27.0 Å². The fourth-order valence-corrected chi connectivity index (χ4v) is 20.3. The van der Waals surface area contributed by atoms with Gasteiger partial charge in [0.05, 0.1) is 0 Å². The maximum atomic E-state index is 7.70. The molecule has 4 aliphatic carbocycles. The predicted octanol–water partition coefficient (Wildman–Crippen LogP) is 6.70. The lowest BCUT2D eigenvalue weighted by Crippen LogP contribution is -2.53. The monoisotopic (exact) mass is 346 g/mol. The second-order valence-corrected chi connectivity index (χ2v) is 18.0. The fourth-order valence-electron chi connectivity index (χ4n) is 5.23. The van der Waals surface area contributed by atoms with E-state index in [1.54, 1.807) is 0 Å². The third-order valence-electron chi connectivity index (χ3n) is 6.61. The minimum Gasteiger partial charge on any atom is -0.454 e. The van der Waals surface area contributed by atoms with Gasteiger partial charge in [0.1, 0.15) is 0 Å². The van der Waals surface area contributed by atoms with Crippen LogP contribution in [0, 0.1) is 0 Å². The summed E-state index contributed by atoms with van der Waals surface area (Å²) in [5, 5.41) is 0. The summed E-state index contributed by atoms with van der Waals surface area (Å²) in [6.07, 6.45) is 11.7. The number of allylic oxidation sites excluding steroid dienone is 2. The van der Waals surface area contributed by atoms with Gasteiger partial charge in [-0.05, 0) is 48.1 Å². The van der Waals surface area contributed by atoms with Crippen LogP contribution in [0.5, 0.6) is 0 Å². The van der Waals surface area contributed by atoms with Crippen molar-refractivity contribution in [1.29, 1.82) is 0 Å². The highest BCUT2D eigenvalue weighted by atomic mass is 28.4. The highest BCUT2D eigenvalue weighted by molar-refractivity contribution is 6.91. The summed E-state index contributed by atoms with van der Waals surface area (Å²) in [7, 11) is -3.24. The predicted molar refractivity (Wildman–Crippen MR) is 104 cm³/mol. The van der Waals surface area contributed by atoms with Crippen LogP contribution in [0.2, 0.25) is 34.3 Å². The van der Waals surface area contributed by atoms with Gasteiger partial charge in [-0.3, -0.25) is 0 Å². The second-order valence-electron chi connectivity index (χ2n) is 9.38. The molecule has 0 bridgehead atoms. The molecule has 0 amide bonds. The Morgan fingerprint density at radius 3 is 1.13 bits per heavy atom. The lowest BCUT2D eigenvalue weighted by Gasteiger charge is -2.44. The van der Waals surface area contributed by atoms with E-state index < -0.39 is 16.6 Å². The van der Waals surface area contributed by atoms with Gasteiger partial charge in [0.25, 0.3) is 0 Å². The van der Waals surface area contributed by atoms with Crippen molar-refractivity contribution in [2.75, 3.05) is 0 Å². The number of hydrogen-bond acceptors (Lipinski definition) is 1. The highest BCUT2D eigenvalue weighted by Crippen LogP contribution is 2.67. The summed E-state index contributed by atoms with van der Waals surface area (Å²) in [5.74, 6) is 0. The van der Waals surface area contributed by atoms with Crippen molar-refractivity contribution in [3.8, 4) is 0 Å². The molecule has 1 nitrogen and oxygen atoms in total. The van der Waals surface area contributed by atoms with E-state index in [-0.39, 0.29) is 0 Å². The zero-order valence-electron chi connectivity index (χ0n) is 15.2. The Hall–Kier alpha value is -0.126. The quantitative estimate of drug-likeness (QED) is 0.316. The van der Waals surface area contributed by atoms with Crippen molar-refractivity contribution in [3.63, 3.8) is 0 Å². The van der Waals surface area contributed by atoms with Crippen molar-refractivity contribution in [2.45, 2.75) is 99.5 Å². The molecule has 4 rings (SSSR count). The van der Waals surface area contributed by atoms with Gasteiger partial charge >= 0.3 is 0 Å². The van der Waals surface area contributed by atoms with Crippen LogP contribution in [-0.4, -0.2) is 16.6 Å². The van der Waals surface area contributed by atoms with Gasteiger partial charge in [0.2, 0.25) is 0 Å². The van der Waals surface area contributed by atoms with Gasteiger partial charge in [0, 0.05) is 0 Å². The topological polar surface area (TPSA) is 9.23 Å². The first-order valence-corrected chi connectivity index (χ1v) is 14.5. The molecule has 4 saturated carbocycles. The lowest BCUT2D eigenvalue weighted by molar-refractivity contribution is 0.496.